The van der Waals surface area contributed by atoms with E-state index in [-0.39, 0.29) is 24.0 Å². The first-order chi connectivity index (χ1) is 11.5. The maximum absolute atomic E-state index is 12.5. The summed E-state index contributed by atoms with van der Waals surface area (Å²) in [6.07, 6.45) is 2.58. The van der Waals surface area contributed by atoms with E-state index in [1.165, 1.54) is 0 Å². The molecule has 0 radical (unpaired) electrons. The molecule has 1 atom stereocenters. The molecule has 0 aromatic carbocycles. The van der Waals surface area contributed by atoms with Gasteiger partial charge in [-0.2, -0.15) is 5.10 Å². The quantitative estimate of drug-likeness (QED) is 0.866. The molecule has 1 aromatic rings. The highest BCUT2D eigenvalue weighted by Gasteiger charge is 2.30. The van der Waals surface area contributed by atoms with Gasteiger partial charge in [0.2, 0.25) is 5.91 Å². The summed E-state index contributed by atoms with van der Waals surface area (Å²) in [6.45, 7) is 6.53. The van der Waals surface area contributed by atoms with Gasteiger partial charge in [-0.15, -0.1) is 0 Å². The van der Waals surface area contributed by atoms with Crippen molar-refractivity contribution in [3.05, 3.63) is 17.5 Å². The Balaban J connectivity index is 1.56. The van der Waals surface area contributed by atoms with Crippen molar-refractivity contribution in [2.45, 2.75) is 64.8 Å². The SMILES string of the molecule is CC(C)NC(=O)CCc1cc2n(n1)CCN(C(=O)C1CCCO1)C2. The third kappa shape index (κ3) is 3.95. The largest absolute Gasteiger partial charge is 0.368 e. The first-order valence-corrected chi connectivity index (χ1v) is 8.78. The number of carbonyl (C=O) groups is 2. The van der Waals surface area contributed by atoms with Gasteiger partial charge >= 0.3 is 0 Å². The van der Waals surface area contributed by atoms with Crippen LogP contribution in [-0.2, 0) is 33.8 Å². The molecule has 0 aliphatic carbocycles. The fourth-order valence-corrected chi connectivity index (χ4v) is 3.25. The van der Waals surface area contributed by atoms with Gasteiger partial charge < -0.3 is 15.0 Å². The Morgan fingerprint density at radius 3 is 2.96 bits per heavy atom. The number of hydrogen-bond acceptors (Lipinski definition) is 4. The zero-order valence-corrected chi connectivity index (χ0v) is 14.5. The second-order valence-electron chi connectivity index (χ2n) is 6.83. The number of aromatic nitrogens is 2. The molecule has 2 aliphatic heterocycles. The van der Waals surface area contributed by atoms with E-state index >= 15 is 0 Å². The Labute approximate surface area is 142 Å². The third-order valence-corrected chi connectivity index (χ3v) is 4.42. The van der Waals surface area contributed by atoms with Gasteiger partial charge in [0.15, 0.2) is 0 Å². The van der Waals surface area contributed by atoms with Gasteiger partial charge in [-0.25, -0.2) is 0 Å². The van der Waals surface area contributed by atoms with E-state index < -0.39 is 0 Å². The highest BCUT2D eigenvalue weighted by molar-refractivity contribution is 5.81. The van der Waals surface area contributed by atoms with Gasteiger partial charge in [-0.05, 0) is 32.8 Å². The van der Waals surface area contributed by atoms with Gasteiger partial charge in [-0.1, -0.05) is 0 Å². The minimum Gasteiger partial charge on any atom is -0.368 e. The number of nitrogens with one attached hydrogen (secondary N) is 1. The number of hydrogen-bond donors (Lipinski definition) is 1. The molecule has 2 amide bonds. The average Bonchev–Trinajstić information content (AvgIpc) is 3.20. The summed E-state index contributed by atoms with van der Waals surface area (Å²) >= 11 is 0. The third-order valence-electron chi connectivity index (χ3n) is 4.42. The van der Waals surface area contributed by atoms with Crippen LogP contribution >= 0.6 is 0 Å². The molecule has 1 N–H and O–H groups in total. The second kappa shape index (κ2) is 7.34. The summed E-state index contributed by atoms with van der Waals surface area (Å²) in [5.74, 6) is 0.143. The number of aryl methyl sites for hydroxylation is 1. The predicted octanol–water partition coefficient (Wildman–Crippen LogP) is 0.861. The summed E-state index contributed by atoms with van der Waals surface area (Å²) in [6, 6.07) is 2.17. The second-order valence-corrected chi connectivity index (χ2v) is 6.83. The van der Waals surface area contributed by atoms with Gasteiger partial charge in [0.1, 0.15) is 6.10 Å². The lowest BCUT2D eigenvalue weighted by Crippen LogP contribution is -2.43. The van der Waals surface area contributed by atoms with E-state index in [1.807, 2.05) is 29.5 Å². The van der Waals surface area contributed by atoms with Crippen molar-refractivity contribution in [3.8, 4) is 0 Å². The molecule has 0 bridgehead atoms. The molecule has 132 valence electrons. The Morgan fingerprint density at radius 2 is 2.25 bits per heavy atom. The number of ether oxygens (including phenoxy) is 1. The van der Waals surface area contributed by atoms with Crippen LogP contribution in [0.3, 0.4) is 0 Å². The molecule has 1 unspecified atom stereocenters. The van der Waals surface area contributed by atoms with E-state index in [0.29, 0.717) is 39.1 Å². The van der Waals surface area contributed by atoms with Crippen molar-refractivity contribution in [3.63, 3.8) is 0 Å². The Kier molecular flexibility index (Phi) is 5.18. The minimum absolute atomic E-state index is 0.0474. The molecule has 0 spiro atoms. The lowest BCUT2D eigenvalue weighted by molar-refractivity contribution is -0.142. The number of rotatable bonds is 5. The van der Waals surface area contributed by atoms with Crippen molar-refractivity contribution < 1.29 is 14.3 Å². The first-order valence-electron chi connectivity index (χ1n) is 8.78. The van der Waals surface area contributed by atoms with Crippen LogP contribution in [0.4, 0.5) is 0 Å². The van der Waals surface area contributed by atoms with Crippen molar-refractivity contribution >= 4 is 11.8 Å². The van der Waals surface area contributed by atoms with E-state index in [2.05, 4.69) is 10.4 Å². The summed E-state index contributed by atoms with van der Waals surface area (Å²) < 4.78 is 7.45. The Hall–Kier alpha value is -1.89. The van der Waals surface area contributed by atoms with Crippen LogP contribution in [0.2, 0.25) is 0 Å². The molecule has 3 heterocycles. The molecule has 2 aliphatic rings. The van der Waals surface area contributed by atoms with Crippen molar-refractivity contribution in [1.82, 2.24) is 20.0 Å². The van der Waals surface area contributed by atoms with E-state index in [0.717, 1.165) is 24.2 Å². The van der Waals surface area contributed by atoms with Crippen molar-refractivity contribution in [2.75, 3.05) is 13.2 Å². The van der Waals surface area contributed by atoms with E-state index in [4.69, 9.17) is 4.74 Å². The monoisotopic (exact) mass is 334 g/mol. The van der Waals surface area contributed by atoms with Crippen LogP contribution in [0, 0.1) is 0 Å². The summed E-state index contributed by atoms with van der Waals surface area (Å²) in [5.41, 5.74) is 1.95. The molecule has 24 heavy (non-hydrogen) atoms. The minimum atomic E-state index is -0.265. The van der Waals surface area contributed by atoms with Crippen LogP contribution in [0.15, 0.2) is 6.07 Å². The maximum Gasteiger partial charge on any atom is 0.252 e. The van der Waals surface area contributed by atoms with Crippen LogP contribution in [0.25, 0.3) is 0 Å². The smallest absolute Gasteiger partial charge is 0.252 e. The molecule has 7 nitrogen and oxygen atoms in total. The van der Waals surface area contributed by atoms with Crippen molar-refractivity contribution in [2.24, 2.45) is 0 Å². The van der Waals surface area contributed by atoms with Gasteiger partial charge in [0, 0.05) is 32.0 Å². The van der Waals surface area contributed by atoms with Crippen LogP contribution in [0.1, 0.15) is 44.5 Å². The zero-order chi connectivity index (χ0) is 17.1. The number of carbonyl (C=O) groups excluding carboxylic acids is 2. The fourth-order valence-electron chi connectivity index (χ4n) is 3.25. The van der Waals surface area contributed by atoms with Crippen LogP contribution < -0.4 is 5.32 Å². The molecule has 3 rings (SSSR count). The molecule has 1 saturated heterocycles. The summed E-state index contributed by atoms with van der Waals surface area (Å²) in [7, 11) is 0. The molecule has 7 heteroatoms. The van der Waals surface area contributed by atoms with Crippen LogP contribution in [-0.4, -0.2) is 51.8 Å². The Bertz CT molecular complexity index is 605. The average molecular weight is 334 g/mol. The molecule has 0 saturated carbocycles. The van der Waals surface area contributed by atoms with E-state index in [1.54, 1.807) is 0 Å². The van der Waals surface area contributed by atoms with Crippen LogP contribution in [0.5, 0.6) is 0 Å². The number of fused-ring (bicyclic) bond motifs is 1. The van der Waals surface area contributed by atoms with Crippen molar-refractivity contribution in [1.29, 1.82) is 0 Å². The normalized spacial score (nSPS) is 20.3. The molecule has 1 aromatic heterocycles. The predicted molar refractivity (Wildman–Crippen MR) is 88.2 cm³/mol. The highest BCUT2D eigenvalue weighted by Crippen LogP contribution is 2.20. The topological polar surface area (TPSA) is 76.5 Å². The summed E-state index contributed by atoms with van der Waals surface area (Å²) in [4.78, 5) is 26.1. The Morgan fingerprint density at radius 1 is 1.42 bits per heavy atom. The van der Waals surface area contributed by atoms with Gasteiger partial charge in [0.25, 0.3) is 5.91 Å². The highest BCUT2D eigenvalue weighted by atomic mass is 16.5. The number of nitrogens with zero attached hydrogens (tertiary/aromatic N) is 3. The van der Waals surface area contributed by atoms with E-state index in [9.17, 15) is 9.59 Å². The molecule has 1 fully saturated rings. The summed E-state index contributed by atoms with van der Waals surface area (Å²) in [5, 5.41) is 7.45. The number of amides is 2. The molecular formula is C17H26N4O3. The lowest BCUT2D eigenvalue weighted by atomic mass is 10.2. The molecular weight excluding hydrogens is 308 g/mol. The first kappa shape index (κ1) is 17.0. The van der Waals surface area contributed by atoms with Gasteiger partial charge in [0.05, 0.1) is 24.5 Å². The standard InChI is InChI=1S/C17H26N4O3/c1-12(2)18-16(22)6-5-13-10-14-11-20(7-8-21(14)19-13)17(23)15-4-3-9-24-15/h10,12,15H,3-9,11H2,1-2H3,(H,18,22). The lowest BCUT2D eigenvalue weighted by Gasteiger charge is -2.29. The maximum atomic E-state index is 12.5. The van der Waals surface area contributed by atoms with Gasteiger partial charge in [-0.3, -0.25) is 14.3 Å². The zero-order valence-electron chi connectivity index (χ0n) is 14.5. The fraction of sp³-hybridized carbons (Fsp3) is 0.706.